The van der Waals surface area contributed by atoms with Crippen molar-refractivity contribution >= 4 is 63.5 Å². The number of halogens is 2. The van der Waals surface area contributed by atoms with Crippen molar-refractivity contribution in [2.75, 3.05) is 23.8 Å². The number of carbonyl (C=O) groups excluding carboxylic acids is 2. The molecule has 0 atom stereocenters. The molecule has 0 fully saturated rings. The van der Waals surface area contributed by atoms with Gasteiger partial charge in [0.15, 0.2) is 18.1 Å². The number of hydrogen-bond donors (Lipinski definition) is 2. The first-order chi connectivity index (χ1) is 18.1. The van der Waals surface area contributed by atoms with Gasteiger partial charge >= 0.3 is 0 Å². The Hall–Kier alpha value is -3.55. The van der Waals surface area contributed by atoms with E-state index < -0.39 is 5.91 Å². The molecule has 9 heteroatoms. The van der Waals surface area contributed by atoms with Gasteiger partial charge in [0.2, 0.25) is 0 Å². The van der Waals surface area contributed by atoms with Crippen molar-refractivity contribution in [1.82, 2.24) is 0 Å². The molecule has 0 aliphatic rings. The first-order valence-corrected chi connectivity index (χ1v) is 13.2. The summed E-state index contributed by atoms with van der Waals surface area (Å²) in [5.74, 6) is -0.0894. The first kappa shape index (κ1) is 29.0. The minimum absolute atomic E-state index is 0.0611. The molecule has 7 nitrogen and oxygen atoms in total. The Bertz CT molecular complexity index is 1450. The molecule has 0 spiro atoms. The van der Waals surface area contributed by atoms with Crippen LogP contribution in [0, 0.1) is 35.7 Å². The van der Waals surface area contributed by atoms with Crippen molar-refractivity contribution in [1.29, 1.82) is 5.26 Å². The van der Waals surface area contributed by atoms with Crippen LogP contribution >= 0.6 is 34.2 Å². The van der Waals surface area contributed by atoms with Crippen LogP contribution in [0.5, 0.6) is 11.5 Å². The topological polar surface area (TPSA) is 100 Å². The molecule has 3 aromatic carbocycles. The lowest BCUT2D eigenvalue weighted by Gasteiger charge is -2.15. The third-order valence-corrected chi connectivity index (χ3v) is 6.87. The van der Waals surface area contributed by atoms with Crippen LogP contribution in [0.15, 0.2) is 54.1 Å². The van der Waals surface area contributed by atoms with Crippen LogP contribution in [0.3, 0.4) is 0 Å². The minimum atomic E-state index is -0.512. The van der Waals surface area contributed by atoms with E-state index in [9.17, 15) is 14.9 Å². The average molecular weight is 644 g/mol. The van der Waals surface area contributed by atoms with Crippen molar-refractivity contribution in [2.24, 2.45) is 0 Å². The summed E-state index contributed by atoms with van der Waals surface area (Å²) in [6.45, 7) is 7.67. The lowest BCUT2D eigenvalue weighted by Crippen LogP contribution is -2.20. The van der Waals surface area contributed by atoms with E-state index in [0.717, 1.165) is 16.7 Å². The molecule has 38 heavy (non-hydrogen) atoms. The van der Waals surface area contributed by atoms with Crippen LogP contribution < -0.4 is 20.1 Å². The summed E-state index contributed by atoms with van der Waals surface area (Å²) in [7, 11) is 0. The summed E-state index contributed by atoms with van der Waals surface area (Å²) in [6.07, 6.45) is 1.49. The van der Waals surface area contributed by atoms with Crippen molar-refractivity contribution in [2.45, 2.75) is 27.7 Å². The van der Waals surface area contributed by atoms with E-state index in [2.05, 4.69) is 33.2 Å². The Kier molecular flexibility index (Phi) is 10.2. The van der Waals surface area contributed by atoms with Gasteiger partial charge in [-0.05, 0) is 109 Å². The smallest absolute Gasteiger partial charge is 0.266 e. The number of anilines is 2. The van der Waals surface area contributed by atoms with Gasteiger partial charge in [0.1, 0.15) is 11.6 Å². The molecule has 3 aromatic rings. The molecule has 0 unspecified atom stereocenters. The number of amides is 2. The van der Waals surface area contributed by atoms with Crippen molar-refractivity contribution in [3.05, 3.63) is 85.0 Å². The molecule has 0 radical (unpaired) electrons. The van der Waals surface area contributed by atoms with Crippen LogP contribution in [0.1, 0.15) is 29.2 Å². The van der Waals surface area contributed by atoms with E-state index in [1.54, 1.807) is 30.3 Å². The maximum absolute atomic E-state index is 12.8. The van der Waals surface area contributed by atoms with Gasteiger partial charge in [0, 0.05) is 16.4 Å². The Balaban J connectivity index is 1.78. The monoisotopic (exact) mass is 643 g/mol. The predicted molar refractivity (Wildman–Crippen MR) is 159 cm³/mol. The number of nitriles is 1. The molecule has 0 heterocycles. The third kappa shape index (κ3) is 7.49. The summed E-state index contributed by atoms with van der Waals surface area (Å²) in [4.78, 5) is 25.3. The largest absolute Gasteiger partial charge is 0.490 e. The summed E-state index contributed by atoms with van der Waals surface area (Å²) >= 11 is 8.20. The van der Waals surface area contributed by atoms with E-state index in [-0.39, 0.29) is 18.1 Å². The number of ether oxygens (including phenoxy) is 2. The van der Waals surface area contributed by atoms with E-state index in [4.69, 9.17) is 21.1 Å². The highest BCUT2D eigenvalue weighted by Gasteiger charge is 2.16. The molecule has 0 saturated carbocycles. The zero-order valence-electron chi connectivity index (χ0n) is 21.4. The van der Waals surface area contributed by atoms with Gasteiger partial charge in [-0.3, -0.25) is 9.59 Å². The number of carbonyl (C=O) groups is 2. The van der Waals surface area contributed by atoms with Gasteiger partial charge in [-0.2, -0.15) is 5.26 Å². The molecule has 2 amide bonds. The lowest BCUT2D eigenvalue weighted by atomic mass is 10.1. The maximum atomic E-state index is 12.8. The standard InChI is InChI=1S/C29H27ClIN3O4/c1-5-37-26-13-20(11-21(15-32)29(36)34-25-8-6-7-17(2)19(25)4)12-24(31)28(26)38-16-27(35)33-22-10-9-18(3)23(30)14-22/h6-14H,5,16H2,1-4H3,(H,33,35)(H,34,36)/b21-11-. The third-order valence-electron chi connectivity index (χ3n) is 5.66. The first-order valence-electron chi connectivity index (χ1n) is 11.8. The molecule has 0 aromatic heterocycles. The SMILES string of the molecule is CCOc1cc(/C=C(/C#N)C(=O)Nc2cccc(C)c2C)cc(I)c1OCC(=O)Nc1ccc(C)c(Cl)c1. The zero-order valence-corrected chi connectivity index (χ0v) is 24.4. The maximum Gasteiger partial charge on any atom is 0.266 e. The number of rotatable bonds is 9. The fourth-order valence-electron chi connectivity index (χ4n) is 3.47. The van der Waals surface area contributed by atoms with E-state index in [1.807, 2.05) is 52.0 Å². The summed E-state index contributed by atoms with van der Waals surface area (Å²) in [5, 5.41) is 15.8. The summed E-state index contributed by atoms with van der Waals surface area (Å²) < 4.78 is 12.2. The minimum Gasteiger partial charge on any atom is -0.490 e. The van der Waals surface area contributed by atoms with Crippen molar-refractivity contribution in [3.63, 3.8) is 0 Å². The Morgan fingerprint density at radius 1 is 1.05 bits per heavy atom. The number of nitrogens with one attached hydrogen (secondary N) is 2. The Morgan fingerprint density at radius 3 is 2.50 bits per heavy atom. The highest BCUT2D eigenvalue weighted by molar-refractivity contribution is 14.1. The molecule has 196 valence electrons. The van der Waals surface area contributed by atoms with E-state index >= 15 is 0 Å². The van der Waals surface area contributed by atoms with Crippen LogP contribution in [0.25, 0.3) is 6.08 Å². The number of hydrogen-bond acceptors (Lipinski definition) is 5. The second-order valence-electron chi connectivity index (χ2n) is 8.44. The molecule has 0 aliphatic heterocycles. The molecular weight excluding hydrogens is 617 g/mol. The highest BCUT2D eigenvalue weighted by atomic mass is 127. The van der Waals surface area contributed by atoms with Gasteiger partial charge in [-0.15, -0.1) is 0 Å². The molecule has 0 saturated heterocycles. The molecule has 0 bridgehead atoms. The van der Waals surface area contributed by atoms with Crippen LogP contribution in [0.2, 0.25) is 5.02 Å². The normalized spacial score (nSPS) is 10.9. The van der Waals surface area contributed by atoms with Crippen LogP contribution in [-0.2, 0) is 9.59 Å². The Morgan fingerprint density at radius 2 is 1.82 bits per heavy atom. The van der Waals surface area contributed by atoms with Gasteiger partial charge in [0.05, 0.1) is 10.2 Å². The molecule has 3 rings (SSSR count). The molecular formula is C29H27ClIN3O4. The molecule has 2 N–H and O–H groups in total. The summed E-state index contributed by atoms with van der Waals surface area (Å²) in [5.41, 5.74) is 4.61. The molecule has 0 aliphatic carbocycles. The number of aryl methyl sites for hydroxylation is 2. The van der Waals surface area contributed by atoms with Crippen molar-refractivity contribution < 1.29 is 19.1 Å². The average Bonchev–Trinajstić information content (AvgIpc) is 2.87. The quantitative estimate of drug-likeness (QED) is 0.151. The van der Waals surface area contributed by atoms with Gasteiger partial charge in [0.25, 0.3) is 11.8 Å². The zero-order chi connectivity index (χ0) is 27.8. The predicted octanol–water partition coefficient (Wildman–Crippen LogP) is 6.83. The summed E-state index contributed by atoms with van der Waals surface area (Å²) in [6, 6.07) is 16.2. The number of nitrogens with zero attached hydrogens (tertiary/aromatic N) is 1. The highest BCUT2D eigenvalue weighted by Crippen LogP contribution is 2.35. The van der Waals surface area contributed by atoms with Crippen LogP contribution in [0.4, 0.5) is 11.4 Å². The van der Waals surface area contributed by atoms with E-state index in [0.29, 0.717) is 43.6 Å². The Labute approximate surface area is 240 Å². The number of benzene rings is 3. The second kappa shape index (κ2) is 13.3. The van der Waals surface area contributed by atoms with Gasteiger partial charge in [-0.1, -0.05) is 29.8 Å². The lowest BCUT2D eigenvalue weighted by molar-refractivity contribution is -0.118. The van der Waals surface area contributed by atoms with Gasteiger partial charge < -0.3 is 20.1 Å². The van der Waals surface area contributed by atoms with Crippen molar-refractivity contribution in [3.8, 4) is 17.6 Å². The van der Waals surface area contributed by atoms with Crippen LogP contribution in [-0.4, -0.2) is 25.0 Å². The van der Waals surface area contributed by atoms with E-state index in [1.165, 1.54) is 6.08 Å². The van der Waals surface area contributed by atoms with Gasteiger partial charge in [-0.25, -0.2) is 0 Å². The fraction of sp³-hybridized carbons (Fsp3) is 0.207. The fourth-order valence-corrected chi connectivity index (χ4v) is 4.43. The second-order valence-corrected chi connectivity index (χ2v) is 10.0.